The van der Waals surface area contributed by atoms with Gasteiger partial charge in [-0.15, -0.1) is 0 Å². The Bertz CT molecular complexity index is 1110. The molecule has 1 aromatic heterocycles. The Morgan fingerprint density at radius 1 is 1.00 bits per heavy atom. The van der Waals surface area contributed by atoms with Gasteiger partial charge < -0.3 is 9.80 Å². The maximum atomic E-state index is 5.24. The average molecular weight is 472 g/mol. The maximum Gasteiger partial charge on any atom is 0.137 e. The Hall–Kier alpha value is -2.63. The molecular weight excluding hydrogens is 430 g/mol. The van der Waals surface area contributed by atoms with E-state index in [0.717, 1.165) is 45.7 Å². The van der Waals surface area contributed by atoms with Gasteiger partial charge in [-0.3, -0.25) is 4.90 Å². The van der Waals surface area contributed by atoms with Crippen LogP contribution in [-0.4, -0.2) is 65.4 Å². The number of rotatable bonds is 9. The van der Waals surface area contributed by atoms with Gasteiger partial charge in [0.25, 0.3) is 0 Å². The summed E-state index contributed by atoms with van der Waals surface area (Å²) < 4.78 is 2.25. The van der Waals surface area contributed by atoms with E-state index in [4.69, 9.17) is 5.10 Å². The minimum atomic E-state index is 0.515. The number of hydrogen-bond acceptors (Lipinski definition) is 4. The molecule has 35 heavy (non-hydrogen) atoms. The van der Waals surface area contributed by atoms with Crippen molar-refractivity contribution in [1.29, 1.82) is 0 Å². The third kappa shape index (κ3) is 5.46. The molecule has 5 rings (SSSR count). The lowest BCUT2D eigenvalue weighted by molar-refractivity contribution is 0.241. The topological polar surface area (TPSA) is 27.5 Å². The van der Waals surface area contributed by atoms with E-state index in [1.165, 1.54) is 46.7 Å². The molecule has 0 radical (unpaired) electrons. The molecule has 5 heteroatoms. The zero-order valence-corrected chi connectivity index (χ0v) is 22.0. The maximum absolute atomic E-state index is 5.24. The number of piperazine rings is 1. The molecule has 1 aliphatic carbocycles. The third-order valence-corrected chi connectivity index (χ3v) is 7.72. The van der Waals surface area contributed by atoms with Crippen molar-refractivity contribution in [1.82, 2.24) is 19.6 Å². The van der Waals surface area contributed by atoms with Crippen LogP contribution in [0.2, 0.25) is 0 Å². The van der Waals surface area contributed by atoms with E-state index < -0.39 is 0 Å². The fraction of sp³-hybridized carbons (Fsp3) is 0.500. The lowest BCUT2D eigenvalue weighted by atomic mass is 10.00. The molecule has 1 atom stereocenters. The Morgan fingerprint density at radius 2 is 1.74 bits per heavy atom. The first-order valence-corrected chi connectivity index (χ1v) is 13.4. The quantitative estimate of drug-likeness (QED) is 0.425. The van der Waals surface area contributed by atoms with Crippen LogP contribution >= 0.6 is 0 Å². The van der Waals surface area contributed by atoms with Gasteiger partial charge in [-0.25, -0.2) is 4.68 Å². The molecule has 2 aliphatic rings. The summed E-state index contributed by atoms with van der Waals surface area (Å²) >= 11 is 0. The van der Waals surface area contributed by atoms with Crippen molar-refractivity contribution in [2.45, 2.75) is 58.5 Å². The number of aryl methyl sites for hydroxylation is 2. The fourth-order valence-corrected chi connectivity index (χ4v) is 5.44. The third-order valence-electron chi connectivity index (χ3n) is 7.72. The van der Waals surface area contributed by atoms with Gasteiger partial charge in [-0.1, -0.05) is 56.3 Å². The second-order valence-electron chi connectivity index (χ2n) is 10.6. The highest BCUT2D eigenvalue weighted by atomic mass is 15.4. The first kappa shape index (κ1) is 24.1. The van der Waals surface area contributed by atoms with E-state index in [1.54, 1.807) is 0 Å². The monoisotopic (exact) mass is 471 g/mol. The Kier molecular flexibility index (Phi) is 7.26. The van der Waals surface area contributed by atoms with Crippen LogP contribution in [0.4, 0.5) is 5.82 Å². The van der Waals surface area contributed by atoms with Crippen molar-refractivity contribution in [2.75, 3.05) is 44.7 Å². The number of anilines is 1. The van der Waals surface area contributed by atoms with E-state index >= 15 is 0 Å². The molecule has 0 spiro atoms. The van der Waals surface area contributed by atoms with Crippen LogP contribution in [0, 0.1) is 6.92 Å². The van der Waals surface area contributed by atoms with Crippen LogP contribution in [0.3, 0.4) is 0 Å². The number of nitrogens with zero attached hydrogens (tertiary/aromatic N) is 5. The van der Waals surface area contributed by atoms with E-state index in [9.17, 15) is 0 Å². The van der Waals surface area contributed by atoms with Gasteiger partial charge in [0, 0.05) is 50.9 Å². The molecule has 0 bridgehead atoms. The summed E-state index contributed by atoms with van der Waals surface area (Å²) in [5.41, 5.74) is 6.57. The molecule has 186 valence electrons. The molecule has 3 aromatic rings. The highest BCUT2D eigenvalue weighted by Crippen LogP contribution is 2.35. The smallest absolute Gasteiger partial charge is 0.137 e. The molecule has 0 N–H and O–H groups in total. The summed E-state index contributed by atoms with van der Waals surface area (Å²) in [6.45, 7) is 13.2. The van der Waals surface area contributed by atoms with Gasteiger partial charge in [-0.2, -0.15) is 5.10 Å². The first-order chi connectivity index (χ1) is 17.0. The van der Waals surface area contributed by atoms with Gasteiger partial charge in [0.2, 0.25) is 0 Å². The van der Waals surface area contributed by atoms with Crippen LogP contribution in [0.5, 0.6) is 0 Å². The number of aromatic nitrogens is 2. The predicted octanol–water partition coefficient (Wildman–Crippen LogP) is 5.26. The summed E-state index contributed by atoms with van der Waals surface area (Å²) in [6, 6.07) is 20.5. The average Bonchev–Trinajstić information content (AvgIpc) is 3.66. The second-order valence-corrected chi connectivity index (χ2v) is 10.6. The van der Waals surface area contributed by atoms with Crippen molar-refractivity contribution in [3.63, 3.8) is 0 Å². The van der Waals surface area contributed by atoms with Gasteiger partial charge in [0.05, 0.1) is 11.4 Å². The summed E-state index contributed by atoms with van der Waals surface area (Å²) in [5.74, 6) is 1.83. The molecule has 1 saturated carbocycles. The van der Waals surface area contributed by atoms with Crippen molar-refractivity contribution in [3.05, 3.63) is 77.0 Å². The molecule has 1 aliphatic heterocycles. The Morgan fingerprint density at radius 3 is 2.40 bits per heavy atom. The molecular formula is C30H41N5. The van der Waals surface area contributed by atoms with Gasteiger partial charge in [0.1, 0.15) is 5.82 Å². The minimum absolute atomic E-state index is 0.515. The highest BCUT2D eigenvalue weighted by molar-refractivity contribution is 5.56. The molecule has 5 nitrogen and oxygen atoms in total. The molecule has 2 fully saturated rings. The minimum Gasteiger partial charge on any atom is -0.354 e. The summed E-state index contributed by atoms with van der Waals surface area (Å²) in [7, 11) is 2.23. The van der Waals surface area contributed by atoms with Crippen LogP contribution < -0.4 is 4.90 Å². The number of benzene rings is 2. The summed E-state index contributed by atoms with van der Waals surface area (Å²) in [5, 5.41) is 5.24. The van der Waals surface area contributed by atoms with Crippen molar-refractivity contribution in [2.24, 2.45) is 0 Å². The van der Waals surface area contributed by atoms with Crippen LogP contribution in [-0.2, 0) is 13.0 Å². The van der Waals surface area contributed by atoms with E-state index in [2.05, 4.69) is 102 Å². The highest BCUT2D eigenvalue weighted by Gasteiger charge is 2.33. The van der Waals surface area contributed by atoms with Crippen molar-refractivity contribution < 1.29 is 0 Å². The van der Waals surface area contributed by atoms with E-state index in [1.807, 2.05) is 0 Å². The lowest BCUT2D eigenvalue weighted by Gasteiger charge is -2.35. The fourth-order valence-electron chi connectivity index (χ4n) is 5.44. The normalized spacial score (nSPS) is 17.8. The van der Waals surface area contributed by atoms with Gasteiger partial charge >= 0.3 is 0 Å². The van der Waals surface area contributed by atoms with Gasteiger partial charge in [-0.05, 0) is 62.4 Å². The lowest BCUT2D eigenvalue weighted by Crippen LogP contribution is -2.45. The first-order valence-electron chi connectivity index (χ1n) is 13.4. The second kappa shape index (κ2) is 10.5. The number of hydrogen-bond donors (Lipinski definition) is 0. The Labute approximate surface area is 211 Å². The molecule has 1 saturated heterocycles. The van der Waals surface area contributed by atoms with Crippen LogP contribution in [0.15, 0.2) is 54.6 Å². The SMILES string of the molecule is CCc1nn(-c2cccc(C)c2)c(N2CCN(C)CC2)c1CN(C[C@H](C)c1ccccc1)C1CC1. The van der Waals surface area contributed by atoms with Crippen molar-refractivity contribution >= 4 is 5.82 Å². The van der Waals surface area contributed by atoms with Gasteiger partial charge in [0.15, 0.2) is 0 Å². The van der Waals surface area contributed by atoms with Crippen molar-refractivity contribution in [3.8, 4) is 5.69 Å². The zero-order valence-electron chi connectivity index (χ0n) is 22.0. The summed E-state index contributed by atoms with van der Waals surface area (Å²) in [4.78, 5) is 7.77. The van der Waals surface area contributed by atoms with E-state index in [0.29, 0.717) is 12.0 Å². The predicted molar refractivity (Wildman–Crippen MR) is 146 cm³/mol. The zero-order chi connectivity index (χ0) is 24.4. The molecule has 2 heterocycles. The molecule has 2 aromatic carbocycles. The molecule has 0 unspecified atom stereocenters. The van der Waals surface area contributed by atoms with Crippen LogP contribution in [0.1, 0.15) is 55.0 Å². The van der Waals surface area contributed by atoms with E-state index in [-0.39, 0.29) is 0 Å². The Balaban J connectivity index is 1.51. The van der Waals surface area contributed by atoms with Crippen LogP contribution in [0.25, 0.3) is 5.69 Å². The standard InChI is InChI=1S/C30H41N5/c1-5-29-28(22-34(26-14-15-26)21-24(3)25-11-7-6-8-12-25)30(33-18-16-32(4)17-19-33)35(31-29)27-13-9-10-23(2)20-27/h6-13,20,24,26H,5,14-19,21-22H2,1-4H3/t24-/m0/s1. The largest absolute Gasteiger partial charge is 0.354 e. The number of likely N-dealkylation sites (N-methyl/N-ethyl adjacent to an activating group) is 1. The molecule has 0 amide bonds. The summed E-state index contributed by atoms with van der Waals surface area (Å²) in [6.07, 6.45) is 3.60.